The van der Waals surface area contributed by atoms with Crippen LogP contribution in [0.15, 0.2) is 72.3 Å². The van der Waals surface area contributed by atoms with E-state index in [2.05, 4.69) is 92.1 Å². The van der Waals surface area contributed by atoms with Gasteiger partial charge in [-0.3, -0.25) is 4.79 Å². The predicted octanol–water partition coefficient (Wildman–Crippen LogP) is 3.76. The van der Waals surface area contributed by atoms with E-state index in [1.54, 1.807) is 0 Å². The topological polar surface area (TPSA) is 29.1 Å². The lowest BCUT2D eigenvalue weighted by Gasteiger charge is -2.37. The Morgan fingerprint density at radius 1 is 0.857 bits per heavy atom. The molecule has 1 heterocycles. The Bertz CT molecular complexity index is 1210. The zero-order chi connectivity index (χ0) is 23.5. The molecule has 5 rings (SSSR count). The third kappa shape index (κ3) is 6.22. The number of anilines is 1. The minimum absolute atomic E-state index is 0. The van der Waals surface area contributed by atoms with E-state index in [9.17, 15) is 4.79 Å². The number of piperidine rings is 1. The van der Waals surface area contributed by atoms with E-state index in [1.165, 1.54) is 60.2 Å². The van der Waals surface area contributed by atoms with Crippen LogP contribution in [0.2, 0.25) is 0 Å². The molecule has 0 radical (unpaired) electrons. The van der Waals surface area contributed by atoms with Crippen molar-refractivity contribution in [2.24, 2.45) is 0 Å². The number of nitrogens with one attached hydrogen (secondary N) is 1. The van der Waals surface area contributed by atoms with Crippen molar-refractivity contribution in [1.82, 2.24) is 0 Å². The molecule has 4 heteroatoms. The molecule has 0 unspecified atom stereocenters. The van der Waals surface area contributed by atoms with Crippen molar-refractivity contribution in [2.45, 2.75) is 45.6 Å². The van der Waals surface area contributed by atoms with Crippen LogP contribution in [0.1, 0.15) is 47.9 Å². The first-order valence-electron chi connectivity index (χ1n) is 12.6. The highest BCUT2D eigenvalue weighted by molar-refractivity contribution is 6.07. The maximum absolute atomic E-state index is 13.0. The highest BCUT2D eigenvalue weighted by Crippen LogP contribution is 2.30. The molecular formula is C31H35IN2O. The summed E-state index contributed by atoms with van der Waals surface area (Å²) in [7, 11) is 2.37. The molecule has 3 aromatic rings. The summed E-state index contributed by atoms with van der Waals surface area (Å²) in [6.07, 6.45) is 7.77. The molecule has 0 atom stereocenters. The SMILES string of the molecule is Cc1ccc(-c2ccc3c(c2)C=C(C(=O)Nc2ccc(C[N+]4(C)CCCCC4)cc2)CC3)cc1.[I-]. The van der Waals surface area contributed by atoms with E-state index in [0.29, 0.717) is 0 Å². The van der Waals surface area contributed by atoms with Crippen molar-refractivity contribution in [3.63, 3.8) is 0 Å². The Balaban J connectivity index is 0.00000289. The predicted molar refractivity (Wildman–Crippen MR) is 141 cm³/mol. The molecule has 1 saturated heterocycles. The summed E-state index contributed by atoms with van der Waals surface area (Å²) < 4.78 is 1.13. The number of fused-ring (bicyclic) bond motifs is 1. The number of likely N-dealkylation sites (tertiary alicyclic amines) is 1. The molecule has 3 aromatic carbocycles. The number of halogens is 1. The molecule has 0 bridgehead atoms. The molecule has 2 aliphatic rings. The summed E-state index contributed by atoms with van der Waals surface area (Å²) in [6, 6.07) is 23.7. The number of hydrogen-bond donors (Lipinski definition) is 1. The second kappa shape index (κ2) is 11.1. The van der Waals surface area contributed by atoms with Gasteiger partial charge in [-0.1, -0.05) is 54.1 Å². The van der Waals surface area contributed by atoms with E-state index >= 15 is 0 Å². The second-order valence-electron chi connectivity index (χ2n) is 10.4. The monoisotopic (exact) mass is 578 g/mol. The second-order valence-corrected chi connectivity index (χ2v) is 10.4. The zero-order valence-corrected chi connectivity index (χ0v) is 23.0. The van der Waals surface area contributed by atoms with Crippen LogP contribution in [0, 0.1) is 6.92 Å². The minimum Gasteiger partial charge on any atom is -1.00 e. The minimum atomic E-state index is 0. The number of amides is 1. The number of rotatable bonds is 5. The van der Waals surface area contributed by atoms with Crippen LogP contribution in [-0.2, 0) is 17.8 Å². The lowest BCUT2D eigenvalue weighted by molar-refractivity contribution is -0.926. The van der Waals surface area contributed by atoms with E-state index < -0.39 is 0 Å². The van der Waals surface area contributed by atoms with Gasteiger partial charge in [-0.2, -0.15) is 0 Å². The van der Waals surface area contributed by atoms with Crippen molar-refractivity contribution in [3.8, 4) is 11.1 Å². The third-order valence-corrected chi connectivity index (χ3v) is 7.49. The normalized spacial score (nSPS) is 16.5. The average Bonchev–Trinajstić information content (AvgIpc) is 2.85. The molecule has 1 aliphatic heterocycles. The summed E-state index contributed by atoms with van der Waals surface area (Å²) in [4.78, 5) is 13.0. The summed E-state index contributed by atoms with van der Waals surface area (Å²) in [5.74, 6) is 0.00848. The summed E-state index contributed by atoms with van der Waals surface area (Å²) in [5, 5.41) is 3.12. The standard InChI is InChI=1S/C31H34N2O.HI/c1-23-6-10-25(11-7-23)27-14-12-26-13-15-28(21-29(26)20-27)31(34)32-30-16-8-24(9-17-30)22-33(2)18-4-3-5-19-33;/h6-12,14,16-17,20-21H,3-5,13,15,18-19,22H2,1-2H3;1H. The summed E-state index contributed by atoms with van der Waals surface area (Å²) in [6.45, 7) is 5.70. The lowest BCUT2D eigenvalue weighted by atomic mass is 9.89. The van der Waals surface area contributed by atoms with Crippen LogP contribution in [0.5, 0.6) is 0 Å². The van der Waals surface area contributed by atoms with Gasteiger partial charge in [0.15, 0.2) is 0 Å². The van der Waals surface area contributed by atoms with Crippen molar-refractivity contribution >= 4 is 17.7 Å². The van der Waals surface area contributed by atoms with Crippen molar-refractivity contribution < 1.29 is 33.3 Å². The molecule has 0 spiro atoms. The van der Waals surface area contributed by atoms with E-state index in [1.807, 2.05) is 0 Å². The fourth-order valence-corrected chi connectivity index (χ4v) is 5.37. The quantitative estimate of drug-likeness (QED) is 0.363. The molecule has 0 aromatic heterocycles. The smallest absolute Gasteiger partial charge is 0.251 e. The fourth-order valence-electron chi connectivity index (χ4n) is 5.37. The lowest BCUT2D eigenvalue weighted by Crippen LogP contribution is -3.00. The fraction of sp³-hybridized carbons (Fsp3) is 0.323. The van der Waals surface area contributed by atoms with Crippen LogP contribution < -0.4 is 29.3 Å². The number of carbonyl (C=O) groups excluding carboxylic acids is 1. The largest absolute Gasteiger partial charge is 1.00 e. The van der Waals surface area contributed by atoms with Gasteiger partial charge < -0.3 is 33.8 Å². The number of carbonyl (C=O) groups is 1. The molecule has 1 N–H and O–H groups in total. The van der Waals surface area contributed by atoms with Crippen LogP contribution in [0.4, 0.5) is 5.69 Å². The maximum atomic E-state index is 13.0. The Morgan fingerprint density at radius 2 is 1.54 bits per heavy atom. The first-order chi connectivity index (χ1) is 16.5. The Morgan fingerprint density at radius 3 is 2.26 bits per heavy atom. The van der Waals surface area contributed by atoms with Gasteiger partial charge >= 0.3 is 0 Å². The molecule has 182 valence electrons. The van der Waals surface area contributed by atoms with Gasteiger partial charge in [0.2, 0.25) is 0 Å². The molecular weight excluding hydrogens is 543 g/mol. The van der Waals surface area contributed by atoms with Gasteiger partial charge in [0.05, 0.1) is 20.1 Å². The van der Waals surface area contributed by atoms with Gasteiger partial charge in [0.25, 0.3) is 5.91 Å². The Kier molecular flexibility index (Phi) is 8.12. The van der Waals surface area contributed by atoms with E-state index in [0.717, 1.165) is 40.7 Å². The third-order valence-electron chi connectivity index (χ3n) is 7.49. The van der Waals surface area contributed by atoms with Crippen molar-refractivity contribution in [1.29, 1.82) is 0 Å². The van der Waals surface area contributed by atoms with Gasteiger partial charge in [-0.05, 0) is 85.6 Å². The number of nitrogens with zero attached hydrogens (tertiary/aromatic N) is 1. The molecule has 3 nitrogen and oxygen atoms in total. The van der Waals surface area contributed by atoms with Gasteiger partial charge in [0, 0.05) is 16.8 Å². The van der Waals surface area contributed by atoms with Crippen LogP contribution in [0.3, 0.4) is 0 Å². The molecule has 0 saturated carbocycles. The summed E-state index contributed by atoms with van der Waals surface area (Å²) >= 11 is 0. The van der Waals surface area contributed by atoms with E-state index in [4.69, 9.17) is 0 Å². The van der Waals surface area contributed by atoms with Crippen LogP contribution in [-0.4, -0.2) is 30.5 Å². The first kappa shape index (κ1) is 25.6. The maximum Gasteiger partial charge on any atom is 0.251 e. The van der Waals surface area contributed by atoms with Crippen LogP contribution in [0.25, 0.3) is 17.2 Å². The average molecular weight is 579 g/mol. The number of quaternary nitrogens is 1. The highest BCUT2D eigenvalue weighted by atomic mass is 127. The Hall–Kier alpha value is -2.44. The molecule has 1 aliphatic carbocycles. The zero-order valence-electron chi connectivity index (χ0n) is 20.8. The van der Waals surface area contributed by atoms with Crippen LogP contribution >= 0.6 is 0 Å². The van der Waals surface area contributed by atoms with E-state index in [-0.39, 0.29) is 29.9 Å². The van der Waals surface area contributed by atoms with Gasteiger partial charge in [0.1, 0.15) is 6.54 Å². The summed E-state index contributed by atoms with van der Waals surface area (Å²) in [5.41, 5.74) is 9.19. The number of hydrogen-bond acceptors (Lipinski definition) is 1. The number of aryl methyl sites for hydroxylation is 2. The number of benzene rings is 3. The molecule has 1 fully saturated rings. The van der Waals surface area contributed by atoms with Gasteiger partial charge in [-0.25, -0.2) is 0 Å². The van der Waals surface area contributed by atoms with Crippen molar-refractivity contribution in [2.75, 3.05) is 25.5 Å². The Labute approximate surface area is 226 Å². The van der Waals surface area contributed by atoms with Crippen molar-refractivity contribution in [3.05, 3.63) is 94.6 Å². The van der Waals surface area contributed by atoms with Gasteiger partial charge in [-0.15, -0.1) is 0 Å². The molecule has 35 heavy (non-hydrogen) atoms. The highest BCUT2D eigenvalue weighted by Gasteiger charge is 2.25. The first-order valence-corrected chi connectivity index (χ1v) is 12.6. The molecule has 1 amide bonds.